The molecule has 142 valence electrons. The van der Waals surface area contributed by atoms with Gasteiger partial charge in [0.25, 0.3) is 0 Å². The van der Waals surface area contributed by atoms with E-state index in [0.717, 1.165) is 42.1 Å². The third kappa shape index (κ3) is 8.10. The molecule has 0 aliphatic heterocycles. The van der Waals surface area contributed by atoms with E-state index in [9.17, 15) is 0 Å². The number of hydrogen-bond acceptors (Lipinski definition) is 2. The van der Waals surface area contributed by atoms with E-state index >= 15 is 0 Å². The molecule has 26 heavy (non-hydrogen) atoms. The Morgan fingerprint density at radius 1 is 0.615 bits per heavy atom. The largest absolute Gasteiger partial charge is 0.252 e. The van der Waals surface area contributed by atoms with Crippen molar-refractivity contribution in [2.45, 2.75) is 58.8 Å². The van der Waals surface area contributed by atoms with Crippen molar-refractivity contribution in [1.82, 2.24) is 0 Å². The molecule has 0 saturated carbocycles. The van der Waals surface area contributed by atoms with Crippen LogP contribution in [0.5, 0.6) is 0 Å². The average Bonchev–Trinajstić information content (AvgIpc) is 2.66. The summed E-state index contributed by atoms with van der Waals surface area (Å²) in [5, 5.41) is 0. The van der Waals surface area contributed by atoms with E-state index in [4.69, 9.17) is 9.98 Å². The van der Waals surface area contributed by atoms with Crippen molar-refractivity contribution in [3.63, 3.8) is 0 Å². The number of para-hydroxylation sites is 2. The van der Waals surface area contributed by atoms with E-state index in [1.54, 1.807) is 0 Å². The predicted molar refractivity (Wildman–Crippen MR) is 111 cm³/mol. The Balaban J connectivity index is 0.00000338. The van der Waals surface area contributed by atoms with E-state index in [2.05, 4.69) is 38.1 Å². The third-order valence-electron chi connectivity index (χ3n) is 4.16. The Hall–Kier alpha value is -1.73. The van der Waals surface area contributed by atoms with Crippen LogP contribution in [0.4, 0.5) is 11.4 Å². The Kier molecular flexibility index (Phi) is 11.6. The second kappa shape index (κ2) is 13.5. The van der Waals surface area contributed by atoms with Gasteiger partial charge in [0.2, 0.25) is 0 Å². The van der Waals surface area contributed by atoms with Gasteiger partial charge in [-0.25, -0.2) is 0 Å². The molecular weight excluding hydrogens is 363 g/mol. The van der Waals surface area contributed by atoms with Crippen LogP contribution in [0.2, 0.25) is 0 Å². The molecule has 0 saturated heterocycles. The molecule has 2 nitrogen and oxygen atoms in total. The van der Waals surface area contributed by atoms with E-state index in [-0.39, 0.29) is 16.5 Å². The first kappa shape index (κ1) is 22.3. The summed E-state index contributed by atoms with van der Waals surface area (Å²) in [6.07, 6.45) is 7.93. The number of benzene rings is 2. The Labute approximate surface area is 168 Å². The molecular formula is C23H30N2Ni. The molecule has 2 rings (SSSR count). The van der Waals surface area contributed by atoms with Crippen LogP contribution >= 0.6 is 0 Å². The van der Waals surface area contributed by atoms with Crippen molar-refractivity contribution >= 4 is 22.8 Å². The van der Waals surface area contributed by atoms with Gasteiger partial charge in [0.05, 0.1) is 22.8 Å². The summed E-state index contributed by atoms with van der Waals surface area (Å²) >= 11 is 0. The van der Waals surface area contributed by atoms with Gasteiger partial charge in [-0.3, -0.25) is 9.98 Å². The van der Waals surface area contributed by atoms with Gasteiger partial charge in [-0.15, -0.1) is 0 Å². The summed E-state index contributed by atoms with van der Waals surface area (Å²) in [6.45, 7) is 4.47. The third-order valence-corrected chi connectivity index (χ3v) is 4.16. The SMILES string of the molecule is CCCCCC(=Nc1ccccc1)C(CCCC)=Nc1ccccc1.[Ni]. The zero-order valence-electron chi connectivity index (χ0n) is 15.9. The number of rotatable bonds is 10. The number of unbranched alkanes of at least 4 members (excludes halogenated alkanes) is 3. The van der Waals surface area contributed by atoms with E-state index in [0.29, 0.717) is 0 Å². The molecule has 0 bridgehead atoms. The molecule has 0 amide bonds. The van der Waals surface area contributed by atoms with Crippen LogP contribution in [0, 0.1) is 0 Å². The second-order valence-corrected chi connectivity index (χ2v) is 6.35. The van der Waals surface area contributed by atoms with Gasteiger partial charge in [-0.2, -0.15) is 0 Å². The van der Waals surface area contributed by atoms with Gasteiger partial charge in [-0.05, 0) is 49.9 Å². The van der Waals surface area contributed by atoms with Crippen LogP contribution in [0.25, 0.3) is 0 Å². The van der Waals surface area contributed by atoms with Crippen molar-refractivity contribution in [3.8, 4) is 0 Å². The maximum atomic E-state index is 4.97. The molecule has 3 heteroatoms. The van der Waals surface area contributed by atoms with Crippen molar-refractivity contribution in [2.75, 3.05) is 0 Å². The molecule has 0 aromatic heterocycles. The standard InChI is InChI=1S/C23H30N2.Ni/c1-3-5-9-19-23(25-21-16-12-8-13-17-21)22(18-6-4-2)24-20-14-10-7-11-15-20;/h7-8,10-17H,3-6,9,18-19H2,1-2H3;. The topological polar surface area (TPSA) is 24.7 Å². The van der Waals surface area contributed by atoms with Gasteiger partial charge < -0.3 is 0 Å². The van der Waals surface area contributed by atoms with Gasteiger partial charge in [-0.1, -0.05) is 69.5 Å². The van der Waals surface area contributed by atoms with Crippen LogP contribution in [0.3, 0.4) is 0 Å². The maximum absolute atomic E-state index is 4.97. The minimum absolute atomic E-state index is 0. The molecule has 0 spiro atoms. The summed E-state index contributed by atoms with van der Waals surface area (Å²) in [4.78, 5) is 9.92. The minimum atomic E-state index is 0. The average molecular weight is 393 g/mol. The van der Waals surface area contributed by atoms with Crippen LogP contribution in [0.1, 0.15) is 58.8 Å². The number of aliphatic imine (C=N–C) groups is 2. The normalized spacial score (nSPS) is 11.9. The molecule has 0 radical (unpaired) electrons. The summed E-state index contributed by atoms with van der Waals surface area (Å²) in [5.74, 6) is 0. The first-order chi connectivity index (χ1) is 12.3. The summed E-state index contributed by atoms with van der Waals surface area (Å²) in [6, 6.07) is 20.5. The summed E-state index contributed by atoms with van der Waals surface area (Å²) < 4.78 is 0. The van der Waals surface area contributed by atoms with Crippen LogP contribution in [0.15, 0.2) is 70.6 Å². The quantitative estimate of drug-likeness (QED) is 0.230. The zero-order valence-corrected chi connectivity index (χ0v) is 16.9. The molecule has 2 aromatic carbocycles. The van der Waals surface area contributed by atoms with Gasteiger partial charge in [0, 0.05) is 16.5 Å². The van der Waals surface area contributed by atoms with Gasteiger partial charge in [0.15, 0.2) is 0 Å². The number of hydrogen-bond donors (Lipinski definition) is 0. The van der Waals surface area contributed by atoms with Crippen LogP contribution < -0.4 is 0 Å². The summed E-state index contributed by atoms with van der Waals surface area (Å²) in [7, 11) is 0. The predicted octanol–water partition coefficient (Wildman–Crippen LogP) is 7.30. The van der Waals surface area contributed by atoms with Gasteiger partial charge in [0.1, 0.15) is 0 Å². The van der Waals surface area contributed by atoms with Crippen molar-refractivity contribution < 1.29 is 16.5 Å². The molecule has 0 aliphatic carbocycles. The molecule has 0 heterocycles. The Morgan fingerprint density at radius 2 is 1.04 bits per heavy atom. The van der Waals surface area contributed by atoms with Crippen molar-refractivity contribution in [2.24, 2.45) is 9.98 Å². The van der Waals surface area contributed by atoms with Crippen molar-refractivity contribution in [1.29, 1.82) is 0 Å². The smallest absolute Gasteiger partial charge is 0.0633 e. The molecule has 2 aromatic rings. The van der Waals surface area contributed by atoms with E-state index < -0.39 is 0 Å². The first-order valence-corrected chi connectivity index (χ1v) is 9.59. The second-order valence-electron chi connectivity index (χ2n) is 6.35. The molecule has 0 unspecified atom stereocenters. The number of nitrogens with zero attached hydrogens (tertiary/aromatic N) is 2. The van der Waals surface area contributed by atoms with Crippen LogP contribution in [-0.2, 0) is 16.5 Å². The van der Waals surface area contributed by atoms with Gasteiger partial charge >= 0.3 is 0 Å². The molecule has 0 N–H and O–H groups in total. The minimum Gasteiger partial charge on any atom is -0.252 e. The molecule has 0 atom stereocenters. The molecule has 0 fully saturated rings. The van der Waals surface area contributed by atoms with E-state index in [1.165, 1.54) is 25.7 Å². The Morgan fingerprint density at radius 3 is 1.46 bits per heavy atom. The van der Waals surface area contributed by atoms with E-state index in [1.807, 2.05) is 36.4 Å². The summed E-state index contributed by atoms with van der Waals surface area (Å²) in [5.41, 5.74) is 4.33. The van der Waals surface area contributed by atoms with Crippen LogP contribution in [-0.4, -0.2) is 11.4 Å². The Bertz CT molecular complexity index is 663. The fourth-order valence-electron chi connectivity index (χ4n) is 2.73. The van der Waals surface area contributed by atoms with Crippen molar-refractivity contribution in [3.05, 3.63) is 60.7 Å². The zero-order chi connectivity index (χ0) is 17.7. The maximum Gasteiger partial charge on any atom is 0.0633 e. The molecule has 0 aliphatic rings. The first-order valence-electron chi connectivity index (χ1n) is 9.59. The fourth-order valence-corrected chi connectivity index (χ4v) is 2.73. The fraction of sp³-hybridized carbons (Fsp3) is 0.391. The monoisotopic (exact) mass is 392 g/mol.